The smallest absolute Gasteiger partial charge is 0.341 e. The molecule has 0 fully saturated rings. The average molecular weight is 460 g/mol. The van der Waals surface area contributed by atoms with Gasteiger partial charge in [-0.1, -0.05) is 109 Å². The predicted octanol–water partition coefficient (Wildman–Crippen LogP) is 6.03. The van der Waals surface area contributed by atoms with Gasteiger partial charge in [-0.05, 0) is 23.3 Å². The van der Waals surface area contributed by atoms with Crippen molar-refractivity contribution in [1.82, 2.24) is 0 Å². The van der Waals surface area contributed by atoms with E-state index in [9.17, 15) is 9.59 Å². The lowest BCUT2D eigenvalue weighted by molar-refractivity contribution is -0.139. The number of hydrogen-bond acceptors (Lipinski definition) is 4. The van der Waals surface area contributed by atoms with Crippen LogP contribution in [0.5, 0.6) is 0 Å². The number of Topliss-reactive ketones (excluding diaryl/α,β-unsaturated/α-hetero) is 1. The highest BCUT2D eigenvalue weighted by Gasteiger charge is 2.53. The van der Waals surface area contributed by atoms with Crippen LogP contribution in [0.2, 0.25) is 0 Å². The molecule has 0 spiro atoms. The molecule has 0 aromatic heterocycles. The molecule has 0 aliphatic carbocycles. The lowest BCUT2D eigenvalue weighted by Gasteiger charge is -2.32. The summed E-state index contributed by atoms with van der Waals surface area (Å²) >= 11 is 0. The minimum absolute atomic E-state index is 0.0388. The molecule has 4 aromatic rings. The number of ether oxygens (including phenoxy) is 1. The SMILES string of the molecule is O=C(C[C@H](c1ccccc1)[C@@]1(Cc2ccccc2)N=C(c2ccccc2)OC1=O)c1ccccc1. The Balaban J connectivity index is 1.65. The molecule has 4 heteroatoms. The van der Waals surface area contributed by atoms with Gasteiger partial charge in [-0.25, -0.2) is 9.79 Å². The summed E-state index contributed by atoms with van der Waals surface area (Å²) < 4.78 is 5.83. The van der Waals surface area contributed by atoms with Crippen molar-refractivity contribution in [3.63, 3.8) is 0 Å². The van der Waals surface area contributed by atoms with E-state index in [2.05, 4.69) is 0 Å². The lowest BCUT2D eigenvalue weighted by atomic mass is 9.73. The van der Waals surface area contributed by atoms with Crippen LogP contribution in [0.1, 0.15) is 39.4 Å². The van der Waals surface area contributed by atoms with Crippen molar-refractivity contribution in [1.29, 1.82) is 0 Å². The van der Waals surface area contributed by atoms with Gasteiger partial charge in [0.05, 0.1) is 0 Å². The zero-order chi connectivity index (χ0) is 24.1. The molecule has 4 aromatic carbocycles. The second kappa shape index (κ2) is 9.90. The van der Waals surface area contributed by atoms with Crippen molar-refractivity contribution < 1.29 is 14.3 Å². The molecule has 0 unspecified atom stereocenters. The summed E-state index contributed by atoms with van der Waals surface area (Å²) in [5.41, 5.74) is 1.90. The summed E-state index contributed by atoms with van der Waals surface area (Å²) in [6.45, 7) is 0. The zero-order valence-electron chi connectivity index (χ0n) is 19.2. The Morgan fingerprint density at radius 2 is 1.29 bits per heavy atom. The molecular formula is C31H25NO3. The fourth-order valence-electron chi connectivity index (χ4n) is 4.67. The van der Waals surface area contributed by atoms with E-state index in [1.165, 1.54) is 0 Å². The van der Waals surface area contributed by atoms with Gasteiger partial charge in [0, 0.05) is 29.9 Å². The number of esters is 1. The first-order valence-electron chi connectivity index (χ1n) is 11.7. The van der Waals surface area contributed by atoms with Crippen molar-refractivity contribution in [2.75, 3.05) is 0 Å². The third-order valence-corrected chi connectivity index (χ3v) is 6.44. The highest BCUT2D eigenvalue weighted by molar-refractivity contribution is 6.09. The molecule has 172 valence electrons. The number of carbonyl (C=O) groups excluding carboxylic acids is 2. The van der Waals surface area contributed by atoms with Gasteiger partial charge < -0.3 is 4.74 Å². The van der Waals surface area contributed by atoms with E-state index in [0.29, 0.717) is 17.9 Å². The Morgan fingerprint density at radius 1 is 0.743 bits per heavy atom. The summed E-state index contributed by atoms with van der Waals surface area (Å²) in [7, 11) is 0. The maximum Gasteiger partial charge on any atom is 0.341 e. The van der Waals surface area contributed by atoms with E-state index in [1.807, 2.05) is 109 Å². The standard InChI is InChI=1S/C31H25NO3/c33-28(25-17-9-3-10-18-25)21-27(24-15-7-2-8-16-24)31(22-23-13-5-1-6-14-23)30(34)35-29(32-31)26-19-11-4-12-20-26/h1-20,27H,21-22H2/t27-,31-/m1/s1. The van der Waals surface area contributed by atoms with Gasteiger partial charge in [0.2, 0.25) is 5.90 Å². The summed E-state index contributed by atoms with van der Waals surface area (Å²) in [5.74, 6) is -0.692. The number of nitrogens with zero attached hydrogens (tertiary/aromatic N) is 1. The molecule has 0 saturated heterocycles. The van der Waals surface area contributed by atoms with Crippen LogP contribution < -0.4 is 0 Å². The number of ketones is 1. The Kier molecular flexibility index (Phi) is 6.36. The van der Waals surface area contributed by atoms with Gasteiger partial charge in [-0.3, -0.25) is 4.79 Å². The molecule has 5 rings (SSSR count). The molecule has 4 nitrogen and oxygen atoms in total. The van der Waals surface area contributed by atoms with Crippen LogP contribution in [0.15, 0.2) is 126 Å². The second-order valence-electron chi connectivity index (χ2n) is 8.72. The first-order chi connectivity index (χ1) is 17.2. The van der Waals surface area contributed by atoms with Crippen LogP contribution in [-0.4, -0.2) is 23.2 Å². The highest BCUT2D eigenvalue weighted by Crippen LogP contribution is 2.42. The number of aliphatic imine (C=N–C) groups is 1. The van der Waals surface area contributed by atoms with E-state index in [-0.39, 0.29) is 12.2 Å². The van der Waals surface area contributed by atoms with Crippen molar-refractivity contribution in [2.45, 2.75) is 24.3 Å². The largest absolute Gasteiger partial charge is 0.405 e. The first kappa shape index (κ1) is 22.5. The van der Waals surface area contributed by atoms with E-state index in [1.54, 1.807) is 12.1 Å². The fourth-order valence-corrected chi connectivity index (χ4v) is 4.67. The van der Waals surface area contributed by atoms with Crippen molar-refractivity contribution in [2.24, 2.45) is 4.99 Å². The topological polar surface area (TPSA) is 55.7 Å². The molecule has 1 heterocycles. The monoisotopic (exact) mass is 459 g/mol. The fraction of sp³-hybridized carbons (Fsp3) is 0.129. The van der Waals surface area contributed by atoms with Gasteiger partial charge >= 0.3 is 5.97 Å². The summed E-state index contributed by atoms with van der Waals surface area (Å²) in [4.78, 5) is 32.2. The van der Waals surface area contributed by atoms with Gasteiger partial charge in [-0.15, -0.1) is 0 Å². The molecule has 0 N–H and O–H groups in total. The molecule has 0 amide bonds. The molecule has 0 saturated carbocycles. The number of rotatable bonds is 8. The van der Waals surface area contributed by atoms with E-state index in [4.69, 9.17) is 9.73 Å². The second-order valence-corrected chi connectivity index (χ2v) is 8.72. The van der Waals surface area contributed by atoms with Crippen LogP contribution in [0, 0.1) is 0 Å². The Bertz CT molecular complexity index is 1340. The van der Waals surface area contributed by atoms with Crippen LogP contribution >= 0.6 is 0 Å². The summed E-state index contributed by atoms with van der Waals surface area (Å²) in [6, 6.07) is 38.1. The van der Waals surface area contributed by atoms with E-state index < -0.39 is 17.4 Å². The zero-order valence-corrected chi connectivity index (χ0v) is 19.2. The van der Waals surface area contributed by atoms with Gasteiger partial charge in [0.15, 0.2) is 11.3 Å². The van der Waals surface area contributed by atoms with Crippen LogP contribution in [0.3, 0.4) is 0 Å². The molecule has 0 radical (unpaired) electrons. The summed E-state index contributed by atoms with van der Waals surface area (Å²) in [5, 5.41) is 0. The van der Waals surface area contributed by atoms with Crippen molar-refractivity contribution in [3.05, 3.63) is 144 Å². The van der Waals surface area contributed by atoms with Gasteiger partial charge in [0.1, 0.15) is 0 Å². The molecule has 1 aliphatic rings. The Hall–Kier alpha value is -4.31. The van der Waals surface area contributed by atoms with Crippen molar-refractivity contribution >= 4 is 17.7 Å². The molecule has 1 aliphatic heterocycles. The third kappa shape index (κ3) is 4.69. The quantitative estimate of drug-likeness (QED) is 0.239. The Morgan fingerprint density at radius 3 is 1.91 bits per heavy atom. The molecule has 35 heavy (non-hydrogen) atoms. The van der Waals surface area contributed by atoms with Gasteiger partial charge in [-0.2, -0.15) is 0 Å². The minimum atomic E-state index is -1.28. The minimum Gasteiger partial charge on any atom is -0.405 e. The van der Waals surface area contributed by atoms with Crippen molar-refractivity contribution in [3.8, 4) is 0 Å². The molecule has 0 bridgehead atoms. The number of carbonyl (C=O) groups is 2. The molecular weight excluding hydrogens is 434 g/mol. The number of cyclic esters (lactones) is 1. The average Bonchev–Trinajstić information content (AvgIpc) is 3.25. The number of hydrogen-bond donors (Lipinski definition) is 0. The normalized spacial score (nSPS) is 17.9. The lowest BCUT2D eigenvalue weighted by Crippen LogP contribution is -2.43. The maximum absolute atomic E-state index is 13.8. The van der Waals surface area contributed by atoms with Gasteiger partial charge in [0.25, 0.3) is 0 Å². The predicted molar refractivity (Wildman–Crippen MR) is 137 cm³/mol. The van der Waals surface area contributed by atoms with E-state index in [0.717, 1.165) is 16.7 Å². The summed E-state index contributed by atoms with van der Waals surface area (Å²) in [6.07, 6.45) is 0.451. The molecule has 2 atom stereocenters. The van der Waals surface area contributed by atoms with Crippen LogP contribution in [0.4, 0.5) is 0 Å². The number of benzene rings is 4. The maximum atomic E-state index is 13.8. The van der Waals surface area contributed by atoms with Crippen LogP contribution in [0.25, 0.3) is 0 Å². The Labute approximate surface area is 204 Å². The third-order valence-electron chi connectivity index (χ3n) is 6.44. The van der Waals surface area contributed by atoms with E-state index >= 15 is 0 Å². The highest BCUT2D eigenvalue weighted by atomic mass is 16.6. The first-order valence-corrected chi connectivity index (χ1v) is 11.7. The van der Waals surface area contributed by atoms with Crippen LogP contribution in [-0.2, 0) is 16.0 Å².